The molecule has 19 heavy (non-hydrogen) atoms. The van der Waals surface area contributed by atoms with Gasteiger partial charge in [-0.15, -0.1) is 0 Å². The monoisotopic (exact) mass is 260 g/mol. The second kappa shape index (κ2) is 5.97. The average molecular weight is 260 g/mol. The van der Waals surface area contributed by atoms with Gasteiger partial charge in [0.05, 0.1) is 0 Å². The van der Waals surface area contributed by atoms with E-state index in [0.29, 0.717) is 25.9 Å². The first-order valence-electron chi connectivity index (χ1n) is 6.66. The number of aryl methyl sites for hydroxylation is 1. The number of piperidine rings is 1. The molecule has 0 saturated carbocycles. The molecule has 2 amide bonds. The second-order valence-electron chi connectivity index (χ2n) is 5.00. The van der Waals surface area contributed by atoms with Gasteiger partial charge in [0.15, 0.2) is 0 Å². The molecule has 1 saturated heterocycles. The summed E-state index contributed by atoms with van der Waals surface area (Å²) >= 11 is 0. The molecule has 0 spiro atoms. The predicted octanol–water partition coefficient (Wildman–Crippen LogP) is 1.45. The van der Waals surface area contributed by atoms with Crippen LogP contribution in [0.5, 0.6) is 0 Å². The van der Waals surface area contributed by atoms with Crippen molar-refractivity contribution in [2.24, 2.45) is 0 Å². The minimum atomic E-state index is -0.0558. The van der Waals surface area contributed by atoms with Crippen molar-refractivity contribution in [1.29, 1.82) is 0 Å². The summed E-state index contributed by atoms with van der Waals surface area (Å²) in [6, 6.07) is 7.98. The smallest absolute Gasteiger partial charge is 0.229 e. The third kappa shape index (κ3) is 3.01. The Morgan fingerprint density at radius 3 is 2.42 bits per heavy atom. The Kier molecular flexibility index (Phi) is 4.32. The van der Waals surface area contributed by atoms with Crippen LogP contribution in [-0.4, -0.2) is 36.9 Å². The van der Waals surface area contributed by atoms with E-state index in [9.17, 15) is 9.59 Å². The topological polar surface area (TPSA) is 49.4 Å². The number of hydrogen-bond acceptors (Lipinski definition) is 3. The van der Waals surface area contributed by atoms with E-state index in [1.807, 2.05) is 38.2 Å². The standard InChI is InChI=1S/C15H20N2O2/c1-11-5-3-4-6-13(11)12-9-14(18)17(8-7-16-2)15(19)10-12/h3-6,12,16H,7-10H2,1-2H3. The van der Waals surface area contributed by atoms with Crippen molar-refractivity contribution in [3.8, 4) is 0 Å². The summed E-state index contributed by atoms with van der Waals surface area (Å²) in [5, 5.41) is 2.96. The highest BCUT2D eigenvalue weighted by Crippen LogP contribution is 2.31. The van der Waals surface area contributed by atoms with Gasteiger partial charge in [0.2, 0.25) is 11.8 Å². The molecule has 1 aliphatic heterocycles. The van der Waals surface area contributed by atoms with E-state index in [2.05, 4.69) is 5.32 Å². The zero-order valence-corrected chi connectivity index (χ0v) is 11.5. The molecule has 1 N–H and O–H groups in total. The molecular formula is C15H20N2O2. The number of imide groups is 1. The van der Waals surface area contributed by atoms with Crippen molar-refractivity contribution in [2.75, 3.05) is 20.1 Å². The van der Waals surface area contributed by atoms with Gasteiger partial charge in [0.1, 0.15) is 0 Å². The first kappa shape index (κ1) is 13.7. The highest BCUT2D eigenvalue weighted by Gasteiger charge is 2.33. The Morgan fingerprint density at radius 2 is 1.84 bits per heavy atom. The fraction of sp³-hybridized carbons (Fsp3) is 0.467. The number of likely N-dealkylation sites (N-methyl/N-ethyl adjacent to an activating group) is 1. The zero-order valence-electron chi connectivity index (χ0n) is 11.5. The van der Waals surface area contributed by atoms with E-state index < -0.39 is 0 Å². The highest BCUT2D eigenvalue weighted by molar-refractivity contribution is 5.98. The molecule has 1 aliphatic rings. The quantitative estimate of drug-likeness (QED) is 0.834. The van der Waals surface area contributed by atoms with E-state index in [-0.39, 0.29) is 17.7 Å². The molecule has 0 aliphatic carbocycles. The number of benzene rings is 1. The maximum Gasteiger partial charge on any atom is 0.229 e. The van der Waals surface area contributed by atoms with Crippen LogP contribution in [0.4, 0.5) is 0 Å². The summed E-state index contributed by atoms with van der Waals surface area (Å²) in [5.41, 5.74) is 2.27. The Morgan fingerprint density at radius 1 is 1.21 bits per heavy atom. The summed E-state index contributed by atoms with van der Waals surface area (Å²) in [4.78, 5) is 25.5. The molecule has 1 aromatic rings. The lowest BCUT2D eigenvalue weighted by Crippen LogP contribution is -2.45. The summed E-state index contributed by atoms with van der Waals surface area (Å²) < 4.78 is 0. The number of nitrogens with zero attached hydrogens (tertiary/aromatic N) is 1. The third-order valence-corrected chi connectivity index (χ3v) is 3.66. The fourth-order valence-electron chi connectivity index (χ4n) is 2.59. The van der Waals surface area contributed by atoms with Crippen LogP contribution in [0.3, 0.4) is 0 Å². The SMILES string of the molecule is CNCCN1C(=O)CC(c2ccccc2C)CC1=O. The largest absolute Gasteiger partial charge is 0.318 e. The molecule has 0 unspecified atom stereocenters. The molecule has 4 heteroatoms. The van der Waals surface area contributed by atoms with Crippen LogP contribution in [0, 0.1) is 6.92 Å². The molecule has 0 atom stereocenters. The van der Waals surface area contributed by atoms with Crippen LogP contribution in [0.15, 0.2) is 24.3 Å². The zero-order chi connectivity index (χ0) is 13.8. The van der Waals surface area contributed by atoms with Gasteiger partial charge in [-0.1, -0.05) is 24.3 Å². The Balaban J connectivity index is 2.11. The Hall–Kier alpha value is -1.68. The van der Waals surface area contributed by atoms with E-state index in [4.69, 9.17) is 0 Å². The van der Waals surface area contributed by atoms with Gasteiger partial charge in [-0.25, -0.2) is 0 Å². The summed E-state index contributed by atoms with van der Waals surface area (Å²) in [5.74, 6) is -0.0773. The lowest BCUT2D eigenvalue weighted by atomic mass is 9.86. The van der Waals surface area contributed by atoms with Crippen LogP contribution in [0.1, 0.15) is 29.9 Å². The van der Waals surface area contributed by atoms with E-state index >= 15 is 0 Å². The average Bonchev–Trinajstić information content (AvgIpc) is 2.38. The number of amides is 2. The lowest BCUT2D eigenvalue weighted by molar-refractivity contribution is -0.148. The maximum atomic E-state index is 12.1. The highest BCUT2D eigenvalue weighted by atomic mass is 16.2. The molecular weight excluding hydrogens is 240 g/mol. The van der Waals surface area contributed by atoms with Crippen LogP contribution >= 0.6 is 0 Å². The molecule has 1 fully saturated rings. The van der Waals surface area contributed by atoms with Gasteiger partial charge in [-0.2, -0.15) is 0 Å². The normalized spacial score (nSPS) is 17.1. The predicted molar refractivity (Wildman–Crippen MR) is 73.8 cm³/mol. The molecule has 0 radical (unpaired) electrons. The van der Waals surface area contributed by atoms with Crippen molar-refractivity contribution < 1.29 is 9.59 Å². The van der Waals surface area contributed by atoms with Gasteiger partial charge in [0, 0.05) is 31.8 Å². The lowest BCUT2D eigenvalue weighted by Gasteiger charge is -2.30. The molecule has 102 valence electrons. The van der Waals surface area contributed by atoms with Gasteiger partial charge >= 0.3 is 0 Å². The van der Waals surface area contributed by atoms with Crippen LogP contribution in [-0.2, 0) is 9.59 Å². The second-order valence-corrected chi connectivity index (χ2v) is 5.00. The van der Waals surface area contributed by atoms with Crippen molar-refractivity contribution in [3.63, 3.8) is 0 Å². The van der Waals surface area contributed by atoms with Gasteiger partial charge in [0.25, 0.3) is 0 Å². The summed E-state index contributed by atoms with van der Waals surface area (Å²) in [7, 11) is 1.81. The molecule has 0 bridgehead atoms. The van der Waals surface area contributed by atoms with Gasteiger partial charge in [-0.3, -0.25) is 14.5 Å². The number of likely N-dealkylation sites (tertiary alicyclic amines) is 1. The van der Waals surface area contributed by atoms with Crippen molar-refractivity contribution in [1.82, 2.24) is 10.2 Å². The summed E-state index contributed by atoms with van der Waals surface area (Å²) in [6.07, 6.45) is 0.862. The maximum absolute atomic E-state index is 12.1. The number of nitrogens with one attached hydrogen (secondary N) is 1. The van der Waals surface area contributed by atoms with Gasteiger partial charge in [-0.05, 0) is 25.1 Å². The molecule has 4 nitrogen and oxygen atoms in total. The molecule has 0 aromatic heterocycles. The van der Waals surface area contributed by atoms with Crippen LogP contribution in [0.2, 0.25) is 0 Å². The Labute approximate surface area is 113 Å². The van der Waals surface area contributed by atoms with Crippen LogP contribution < -0.4 is 5.32 Å². The third-order valence-electron chi connectivity index (χ3n) is 3.66. The van der Waals surface area contributed by atoms with E-state index in [0.717, 1.165) is 11.1 Å². The number of carbonyl (C=O) groups is 2. The van der Waals surface area contributed by atoms with E-state index in [1.165, 1.54) is 4.90 Å². The number of carbonyl (C=O) groups excluding carboxylic acids is 2. The molecule has 1 aromatic carbocycles. The molecule has 2 rings (SSSR count). The first-order chi connectivity index (χ1) is 9.13. The van der Waals surface area contributed by atoms with Crippen molar-refractivity contribution in [2.45, 2.75) is 25.7 Å². The fourth-order valence-corrected chi connectivity index (χ4v) is 2.59. The minimum absolute atomic E-state index is 0.0343. The number of rotatable bonds is 4. The Bertz CT molecular complexity index is 467. The summed E-state index contributed by atoms with van der Waals surface area (Å²) in [6.45, 7) is 3.14. The minimum Gasteiger partial charge on any atom is -0.318 e. The van der Waals surface area contributed by atoms with Crippen molar-refractivity contribution >= 4 is 11.8 Å². The number of hydrogen-bond donors (Lipinski definition) is 1. The molecule has 1 heterocycles. The van der Waals surface area contributed by atoms with E-state index in [1.54, 1.807) is 0 Å². The van der Waals surface area contributed by atoms with Crippen molar-refractivity contribution in [3.05, 3.63) is 35.4 Å². The first-order valence-corrected chi connectivity index (χ1v) is 6.66. The van der Waals surface area contributed by atoms with Gasteiger partial charge < -0.3 is 5.32 Å². The van der Waals surface area contributed by atoms with Crippen LogP contribution in [0.25, 0.3) is 0 Å².